The molecule has 51 heavy (non-hydrogen) atoms. The fourth-order valence-corrected chi connectivity index (χ4v) is 4.95. The summed E-state index contributed by atoms with van der Waals surface area (Å²) in [5.74, 6) is -2.48. The van der Waals surface area contributed by atoms with Crippen LogP contribution in [0.15, 0.2) is 72.9 Å². The van der Waals surface area contributed by atoms with Gasteiger partial charge < -0.3 is 25.6 Å². The zero-order chi connectivity index (χ0) is 37.6. The Hall–Kier alpha value is -3.72. The van der Waals surface area contributed by atoms with E-state index in [4.69, 9.17) is 14.9 Å². The molecule has 0 saturated carbocycles. The molecule has 0 bridgehead atoms. The number of rotatable bonds is 33. The minimum absolute atomic E-state index is 0.171. The van der Waals surface area contributed by atoms with Crippen LogP contribution in [0.25, 0.3) is 0 Å². The first-order valence-corrected chi connectivity index (χ1v) is 19.3. The highest BCUT2D eigenvalue weighted by molar-refractivity contribution is 5.87. The van der Waals surface area contributed by atoms with Crippen molar-refractivity contribution in [3.8, 4) is 0 Å². The highest BCUT2D eigenvalue weighted by Crippen LogP contribution is 2.14. The normalized spacial score (nSPS) is 13.3. The van der Waals surface area contributed by atoms with Gasteiger partial charge in [-0.15, -0.1) is 0 Å². The number of allylic oxidation sites excluding steroid dienone is 11. The van der Waals surface area contributed by atoms with Crippen molar-refractivity contribution in [2.24, 2.45) is 0 Å². The first-order valence-electron chi connectivity index (χ1n) is 19.3. The largest absolute Gasteiger partial charge is 0.480 e. The van der Waals surface area contributed by atoms with Gasteiger partial charge in [-0.3, -0.25) is 14.4 Å². The summed E-state index contributed by atoms with van der Waals surface area (Å²) in [6.45, 7) is 3.28. The third-order valence-electron chi connectivity index (χ3n) is 7.92. The first kappa shape index (κ1) is 47.3. The Morgan fingerprint density at radius 1 is 0.627 bits per heavy atom. The highest BCUT2D eigenvalue weighted by Gasteiger charge is 2.18. The van der Waals surface area contributed by atoms with Crippen molar-refractivity contribution < 1.29 is 34.1 Å². The lowest BCUT2D eigenvalue weighted by Crippen LogP contribution is -2.47. The molecule has 0 aromatic carbocycles. The third kappa shape index (κ3) is 33.2. The zero-order valence-electron chi connectivity index (χ0n) is 31.6. The van der Waals surface area contributed by atoms with Crippen molar-refractivity contribution >= 4 is 23.8 Å². The van der Waals surface area contributed by atoms with Gasteiger partial charge in [0.2, 0.25) is 11.8 Å². The molecule has 0 spiro atoms. The fourth-order valence-electron chi connectivity index (χ4n) is 4.95. The maximum absolute atomic E-state index is 12.7. The molecule has 0 radical (unpaired) electrons. The Kier molecular flexibility index (Phi) is 33.5. The molecule has 2 unspecified atom stereocenters. The number of hydrogen-bond acceptors (Lipinski definition) is 6. The molecule has 0 aliphatic carbocycles. The summed E-state index contributed by atoms with van der Waals surface area (Å²) in [6, 6.07) is -1.40. The summed E-state index contributed by atoms with van der Waals surface area (Å²) in [5.41, 5.74) is 0. The molecule has 0 aromatic heterocycles. The number of aliphatic hydroxyl groups is 1. The molecule has 0 saturated heterocycles. The SMILES string of the molecule is CC/C=C\C/C=C\C/C=C\C/C=C\CCCCC(=O)OC(/C=C\C/C=C\CCCCCC)CCCCCCC(=O)NCC(=O)NC(CO)C(=O)O. The van der Waals surface area contributed by atoms with Gasteiger partial charge in [0.15, 0.2) is 0 Å². The van der Waals surface area contributed by atoms with Crippen molar-refractivity contribution in [2.75, 3.05) is 13.2 Å². The van der Waals surface area contributed by atoms with Crippen LogP contribution in [0, 0.1) is 0 Å². The van der Waals surface area contributed by atoms with Crippen molar-refractivity contribution in [3.63, 3.8) is 0 Å². The number of amides is 2. The van der Waals surface area contributed by atoms with E-state index in [0.29, 0.717) is 19.3 Å². The summed E-state index contributed by atoms with van der Waals surface area (Å²) in [6.07, 6.45) is 43.7. The van der Waals surface area contributed by atoms with E-state index in [-0.39, 0.29) is 30.9 Å². The van der Waals surface area contributed by atoms with Crippen LogP contribution in [0.1, 0.15) is 142 Å². The van der Waals surface area contributed by atoms with Crippen LogP contribution in [0.4, 0.5) is 0 Å². The van der Waals surface area contributed by atoms with Crippen LogP contribution in [0.3, 0.4) is 0 Å². The van der Waals surface area contributed by atoms with Crippen LogP contribution in [0.2, 0.25) is 0 Å². The number of ether oxygens (including phenoxy) is 1. The number of carbonyl (C=O) groups excluding carboxylic acids is 3. The van der Waals surface area contributed by atoms with Crippen molar-refractivity contribution in [1.29, 1.82) is 0 Å². The van der Waals surface area contributed by atoms with Gasteiger partial charge in [0.25, 0.3) is 0 Å². The molecule has 0 aromatic rings. The van der Waals surface area contributed by atoms with Crippen LogP contribution in [-0.4, -0.2) is 59.3 Å². The second-order valence-electron chi connectivity index (χ2n) is 12.6. The van der Waals surface area contributed by atoms with Gasteiger partial charge in [0.1, 0.15) is 12.1 Å². The smallest absolute Gasteiger partial charge is 0.328 e. The molecule has 0 heterocycles. The number of esters is 1. The van der Waals surface area contributed by atoms with Gasteiger partial charge in [-0.05, 0) is 89.5 Å². The quantitative estimate of drug-likeness (QED) is 0.0303. The lowest BCUT2D eigenvalue weighted by molar-refractivity contribution is -0.147. The van der Waals surface area contributed by atoms with Crippen molar-refractivity contribution in [2.45, 2.75) is 154 Å². The van der Waals surface area contributed by atoms with E-state index in [1.54, 1.807) is 0 Å². The molecule has 4 N–H and O–H groups in total. The average molecular weight is 713 g/mol. The lowest BCUT2D eigenvalue weighted by atomic mass is 10.1. The van der Waals surface area contributed by atoms with E-state index < -0.39 is 24.5 Å². The van der Waals surface area contributed by atoms with Crippen molar-refractivity contribution in [3.05, 3.63) is 72.9 Å². The van der Waals surface area contributed by atoms with Crippen molar-refractivity contribution in [1.82, 2.24) is 10.6 Å². The summed E-state index contributed by atoms with van der Waals surface area (Å²) < 4.78 is 5.85. The minimum atomic E-state index is -1.40. The standard InChI is InChI=1S/C42H68N2O7/c1-3-5-7-9-11-13-14-15-16-17-18-20-22-24-30-34-41(48)51-37(31-27-23-21-19-12-10-8-6-4-2)32-28-25-26-29-33-39(46)43-35-40(47)44-38(36-45)42(49)50/h5,7,11,13,15-16,18-21,27,31,37-38,45H,3-4,6,8-10,12,14,17,22-26,28-30,32-36H2,1-2H3,(H,43,46)(H,44,47)(H,49,50)/b7-5-,13-11-,16-15-,20-18-,21-19-,31-27-. The predicted molar refractivity (Wildman–Crippen MR) is 208 cm³/mol. The predicted octanol–water partition coefficient (Wildman–Crippen LogP) is 8.76. The Morgan fingerprint density at radius 3 is 1.78 bits per heavy atom. The molecule has 0 aliphatic rings. The highest BCUT2D eigenvalue weighted by atomic mass is 16.5. The molecule has 0 rings (SSSR count). The zero-order valence-corrected chi connectivity index (χ0v) is 31.6. The Labute approximate surface area is 308 Å². The number of nitrogens with one attached hydrogen (secondary N) is 2. The molecule has 2 amide bonds. The van der Waals surface area contributed by atoms with Gasteiger partial charge >= 0.3 is 11.9 Å². The molecule has 0 aliphatic heterocycles. The Balaban J connectivity index is 4.47. The van der Waals surface area contributed by atoms with E-state index in [0.717, 1.165) is 77.0 Å². The number of carboxylic acids is 1. The minimum Gasteiger partial charge on any atom is -0.480 e. The van der Waals surface area contributed by atoms with E-state index >= 15 is 0 Å². The molecule has 0 fully saturated rings. The average Bonchev–Trinajstić information content (AvgIpc) is 3.11. The molecule has 9 nitrogen and oxygen atoms in total. The van der Waals surface area contributed by atoms with Crippen LogP contribution >= 0.6 is 0 Å². The molecule has 9 heteroatoms. The number of carboxylic acid groups (broad SMARTS) is 1. The molecular formula is C42H68N2O7. The van der Waals surface area contributed by atoms with Crippen LogP contribution in [-0.2, 0) is 23.9 Å². The number of carbonyl (C=O) groups is 4. The van der Waals surface area contributed by atoms with Crippen LogP contribution in [0.5, 0.6) is 0 Å². The van der Waals surface area contributed by atoms with Gasteiger partial charge in [-0.25, -0.2) is 4.79 Å². The second-order valence-corrected chi connectivity index (χ2v) is 12.6. The van der Waals surface area contributed by atoms with E-state index in [1.807, 2.05) is 6.08 Å². The summed E-state index contributed by atoms with van der Waals surface area (Å²) >= 11 is 0. The molecule has 288 valence electrons. The Bertz CT molecular complexity index is 1090. The maximum Gasteiger partial charge on any atom is 0.328 e. The molecule has 2 atom stereocenters. The van der Waals surface area contributed by atoms with E-state index in [2.05, 4.69) is 91.3 Å². The topological polar surface area (TPSA) is 142 Å². The second kappa shape index (κ2) is 36.1. The summed E-state index contributed by atoms with van der Waals surface area (Å²) in [7, 11) is 0. The molecular weight excluding hydrogens is 644 g/mol. The summed E-state index contributed by atoms with van der Waals surface area (Å²) in [4.78, 5) is 47.4. The lowest BCUT2D eigenvalue weighted by Gasteiger charge is -2.14. The number of aliphatic hydroxyl groups excluding tert-OH is 1. The van der Waals surface area contributed by atoms with E-state index in [9.17, 15) is 19.2 Å². The van der Waals surface area contributed by atoms with Gasteiger partial charge in [0.05, 0.1) is 13.2 Å². The number of aliphatic carboxylic acids is 1. The van der Waals surface area contributed by atoms with E-state index in [1.165, 1.54) is 25.7 Å². The summed E-state index contributed by atoms with van der Waals surface area (Å²) in [5, 5.41) is 22.5. The van der Waals surface area contributed by atoms with Crippen LogP contribution < -0.4 is 10.6 Å². The van der Waals surface area contributed by atoms with Gasteiger partial charge in [-0.1, -0.05) is 113 Å². The number of unbranched alkanes of at least 4 members (excludes halogenated alkanes) is 9. The first-order chi connectivity index (χ1) is 24.8. The maximum atomic E-state index is 12.7. The fraction of sp³-hybridized carbons (Fsp3) is 0.619. The van der Waals surface area contributed by atoms with Gasteiger partial charge in [-0.2, -0.15) is 0 Å². The monoisotopic (exact) mass is 713 g/mol. The van der Waals surface area contributed by atoms with Gasteiger partial charge in [0, 0.05) is 12.8 Å². The number of hydrogen-bond donors (Lipinski definition) is 4. The third-order valence-corrected chi connectivity index (χ3v) is 7.92. The Morgan fingerprint density at radius 2 is 1.18 bits per heavy atom.